The fourth-order valence-corrected chi connectivity index (χ4v) is 3.73. The van der Waals surface area contributed by atoms with Crippen molar-refractivity contribution < 1.29 is 4.79 Å². The second-order valence-electron chi connectivity index (χ2n) is 7.27. The summed E-state index contributed by atoms with van der Waals surface area (Å²) in [6.07, 6.45) is 11.1. The van der Waals surface area contributed by atoms with Crippen LogP contribution in [0.5, 0.6) is 0 Å². The van der Waals surface area contributed by atoms with E-state index in [1.165, 1.54) is 25.7 Å². The predicted octanol–water partition coefficient (Wildman–Crippen LogP) is 3.05. The number of carbonyl (C=O) groups excluding carboxylic acids is 1. The van der Waals surface area contributed by atoms with Crippen LogP contribution in [0.15, 0.2) is 35.2 Å². The molecule has 4 rings (SSSR count). The van der Waals surface area contributed by atoms with E-state index in [9.17, 15) is 4.79 Å². The minimum Gasteiger partial charge on any atom is -0.353 e. The number of benzene rings is 1. The molecule has 0 spiro atoms. The van der Waals surface area contributed by atoms with Crippen molar-refractivity contribution >= 4 is 29.0 Å². The van der Waals surface area contributed by atoms with Gasteiger partial charge in [0.05, 0.1) is 17.4 Å². The van der Waals surface area contributed by atoms with Crippen LogP contribution in [0.1, 0.15) is 44.1 Å². The third-order valence-corrected chi connectivity index (χ3v) is 5.31. The first-order chi connectivity index (χ1) is 12.6. The molecule has 1 aromatic carbocycles. The Balaban J connectivity index is 1.58. The van der Waals surface area contributed by atoms with Gasteiger partial charge in [-0.1, -0.05) is 31.7 Å². The zero-order chi connectivity index (χ0) is 18.1. The summed E-state index contributed by atoms with van der Waals surface area (Å²) >= 11 is 0. The summed E-state index contributed by atoms with van der Waals surface area (Å²) in [5.74, 6) is 0.612. The molecule has 1 aromatic heterocycles. The van der Waals surface area contributed by atoms with Crippen LogP contribution in [0.3, 0.4) is 0 Å². The first-order valence-electron chi connectivity index (χ1n) is 9.38. The number of aryl methyl sites for hydroxylation is 1. The van der Waals surface area contributed by atoms with E-state index in [4.69, 9.17) is 0 Å². The topological polar surface area (TPSA) is 62.5 Å². The van der Waals surface area contributed by atoms with E-state index in [1.807, 2.05) is 35.9 Å². The van der Waals surface area contributed by atoms with Gasteiger partial charge in [0.25, 0.3) is 5.91 Å². The lowest BCUT2D eigenvalue weighted by molar-refractivity contribution is -0.121. The third-order valence-electron chi connectivity index (χ3n) is 5.31. The molecule has 1 aliphatic heterocycles. The Kier molecular flexibility index (Phi) is 4.49. The lowest BCUT2D eigenvalue weighted by Crippen LogP contribution is -2.43. The average Bonchev–Trinajstić information content (AvgIpc) is 2.99. The van der Waals surface area contributed by atoms with E-state index in [2.05, 4.69) is 15.3 Å². The van der Waals surface area contributed by atoms with Gasteiger partial charge < -0.3 is 9.88 Å². The summed E-state index contributed by atoms with van der Waals surface area (Å²) < 4.78 is 1.97. The molecular weight excluding hydrogens is 326 g/mol. The number of rotatable bonds is 2. The van der Waals surface area contributed by atoms with Crippen LogP contribution in [0.2, 0.25) is 0 Å². The van der Waals surface area contributed by atoms with Crippen LogP contribution < -0.4 is 5.32 Å². The second-order valence-corrected chi connectivity index (χ2v) is 7.27. The molecule has 1 fully saturated rings. The number of imidazole rings is 1. The predicted molar refractivity (Wildman–Crippen MR) is 104 cm³/mol. The van der Waals surface area contributed by atoms with E-state index in [0.717, 1.165) is 29.4 Å². The maximum atomic E-state index is 12.6. The minimum atomic E-state index is -0.0637. The molecule has 2 aromatic rings. The Morgan fingerprint density at radius 3 is 2.69 bits per heavy atom. The van der Waals surface area contributed by atoms with Crippen molar-refractivity contribution in [3.05, 3.63) is 35.8 Å². The zero-order valence-electron chi connectivity index (χ0n) is 15.4. The lowest BCUT2D eigenvalue weighted by Gasteiger charge is -2.20. The van der Waals surface area contributed by atoms with E-state index in [1.54, 1.807) is 18.3 Å². The van der Waals surface area contributed by atoms with Crippen molar-refractivity contribution in [3.8, 4) is 0 Å². The summed E-state index contributed by atoms with van der Waals surface area (Å²) in [5.41, 5.74) is 3.42. The number of nitrogens with one attached hydrogen (secondary N) is 1. The molecular formula is C20H25N5O. The second kappa shape index (κ2) is 6.94. The molecule has 6 heteroatoms. The lowest BCUT2D eigenvalue weighted by atomic mass is 10.1. The number of hydrogen-bond donors (Lipinski definition) is 1. The molecule has 0 saturated heterocycles. The van der Waals surface area contributed by atoms with Gasteiger partial charge in [0.15, 0.2) is 0 Å². The van der Waals surface area contributed by atoms with Crippen molar-refractivity contribution in [1.29, 1.82) is 0 Å². The molecule has 0 radical (unpaired) electrons. The molecule has 1 N–H and O–H groups in total. The van der Waals surface area contributed by atoms with Crippen LogP contribution in [0, 0.1) is 0 Å². The molecule has 1 saturated carbocycles. The smallest absolute Gasteiger partial charge is 0.279 e. The number of hydrogen-bond acceptors (Lipinski definition) is 4. The Morgan fingerprint density at radius 2 is 1.92 bits per heavy atom. The molecule has 26 heavy (non-hydrogen) atoms. The van der Waals surface area contributed by atoms with Gasteiger partial charge in [0, 0.05) is 20.1 Å². The highest BCUT2D eigenvalue weighted by molar-refractivity contribution is 6.13. The van der Waals surface area contributed by atoms with Gasteiger partial charge in [0.2, 0.25) is 5.96 Å². The zero-order valence-corrected chi connectivity index (χ0v) is 15.4. The summed E-state index contributed by atoms with van der Waals surface area (Å²) in [6.45, 7) is 0. The molecule has 2 heterocycles. The number of carbonyl (C=O) groups is 1. The van der Waals surface area contributed by atoms with Gasteiger partial charge in [-0.2, -0.15) is 0 Å². The normalized spacial score (nSPS) is 20.7. The van der Waals surface area contributed by atoms with Crippen LogP contribution in [0.4, 0.5) is 0 Å². The third kappa shape index (κ3) is 3.23. The SMILES string of the molecule is CN1C(=O)/C(=C/c2ccc3ncn(C)c3c2)N=C1NC1CCCCCC1. The highest BCUT2D eigenvalue weighted by atomic mass is 16.2. The van der Waals surface area contributed by atoms with Crippen LogP contribution in [0.25, 0.3) is 17.1 Å². The van der Waals surface area contributed by atoms with Gasteiger partial charge in [-0.3, -0.25) is 9.69 Å². The highest BCUT2D eigenvalue weighted by Crippen LogP contribution is 2.22. The number of guanidine groups is 1. The summed E-state index contributed by atoms with van der Waals surface area (Å²) in [5, 5.41) is 3.49. The molecule has 1 amide bonds. The Labute approximate surface area is 153 Å². The first kappa shape index (κ1) is 16.8. The number of nitrogens with zero attached hydrogens (tertiary/aromatic N) is 4. The van der Waals surface area contributed by atoms with Gasteiger partial charge >= 0.3 is 0 Å². The average molecular weight is 351 g/mol. The number of likely N-dealkylation sites (N-methyl/N-ethyl adjacent to an activating group) is 1. The fraction of sp³-hybridized carbons (Fsp3) is 0.450. The van der Waals surface area contributed by atoms with E-state index in [-0.39, 0.29) is 5.91 Å². The van der Waals surface area contributed by atoms with Crippen molar-refractivity contribution in [1.82, 2.24) is 19.8 Å². The monoisotopic (exact) mass is 351 g/mol. The number of aliphatic imine (C=N–C) groups is 1. The van der Waals surface area contributed by atoms with Crippen LogP contribution in [-0.2, 0) is 11.8 Å². The van der Waals surface area contributed by atoms with E-state index < -0.39 is 0 Å². The maximum absolute atomic E-state index is 12.6. The maximum Gasteiger partial charge on any atom is 0.279 e. The summed E-state index contributed by atoms with van der Waals surface area (Å²) in [4.78, 5) is 23.1. The number of fused-ring (bicyclic) bond motifs is 1. The number of amides is 1. The molecule has 0 atom stereocenters. The Bertz CT molecular complexity index is 887. The van der Waals surface area contributed by atoms with Gasteiger partial charge in [-0.05, 0) is 36.6 Å². The van der Waals surface area contributed by atoms with Gasteiger partial charge in [-0.15, -0.1) is 0 Å². The molecule has 0 bridgehead atoms. The molecule has 136 valence electrons. The standard InChI is InChI=1S/C20H25N5O/c1-24-13-21-16-10-9-14(12-18(16)24)11-17-19(26)25(2)20(23-17)22-15-7-5-3-4-6-8-15/h9-13,15H,3-8H2,1-2H3,(H,22,23)/b17-11-. The highest BCUT2D eigenvalue weighted by Gasteiger charge is 2.28. The van der Waals surface area contributed by atoms with E-state index in [0.29, 0.717) is 17.7 Å². The summed E-state index contributed by atoms with van der Waals surface area (Å²) in [7, 11) is 3.75. The Hall–Kier alpha value is -2.63. The van der Waals surface area contributed by atoms with Crippen molar-refractivity contribution in [3.63, 3.8) is 0 Å². The first-order valence-corrected chi connectivity index (χ1v) is 9.38. The van der Waals surface area contributed by atoms with Crippen molar-refractivity contribution in [2.75, 3.05) is 7.05 Å². The minimum absolute atomic E-state index is 0.0637. The largest absolute Gasteiger partial charge is 0.353 e. The van der Waals surface area contributed by atoms with Crippen molar-refractivity contribution in [2.45, 2.75) is 44.6 Å². The Morgan fingerprint density at radius 1 is 1.15 bits per heavy atom. The number of aromatic nitrogens is 2. The fourth-order valence-electron chi connectivity index (χ4n) is 3.73. The summed E-state index contributed by atoms with van der Waals surface area (Å²) in [6, 6.07) is 6.40. The van der Waals surface area contributed by atoms with E-state index >= 15 is 0 Å². The van der Waals surface area contributed by atoms with Gasteiger partial charge in [0.1, 0.15) is 5.70 Å². The molecule has 2 aliphatic rings. The van der Waals surface area contributed by atoms with Crippen LogP contribution in [-0.4, -0.2) is 39.4 Å². The molecule has 1 aliphatic carbocycles. The molecule has 6 nitrogen and oxygen atoms in total. The van der Waals surface area contributed by atoms with Crippen molar-refractivity contribution in [2.24, 2.45) is 12.0 Å². The quantitative estimate of drug-likeness (QED) is 0.668. The molecule has 0 unspecified atom stereocenters. The van der Waals surface area contributed by atoms with Gasteiger partial charge in [-0.25, -0.2) is 9.98 Å². The van der Waals surface area contributed by atoms with Crippen LogP contribution >= 0.6 is 0 Å².